The molecule has 0 spiro atoms. The normalized spacial score (nSPS) is 11.1. The summed E-state index contributed by atoms with van der Waals surface area (Å²) >= 11 is 0. The number of aryl methyl sites for hydroxylation is 1. The van der Waals surface area contributed by atoms with Gasteiger partial charge in [0.15, 0.2) is 5.82 Å². The van der Waals surface area contributed by atoms with Crippen LogP contribution in [0, 0.1) is 17.0 Å². The fourth-order valence-electron chi connectivity index (χ4n) is 1.28. The van der Waals surface area contributed by atoms with Crippen LogP contribution < -0.4 is 0 Å². The Hall–Kier alpha value is -1.69. The van der Waals surface area contributed by atoms with Gasteiger partial charge in [-0.2, -0.15) is 0 Å². The number of allylic oxidation sites excluding steroid dienone is 1. The number of hydrogen-bond acceptors (Lipinski definition) is 4. The van der Waals surface area contributed by atoms with Crippen molar-refractivity contribution in [2.75, 3.05) is 13.2 Å². The molecule has 6 nitrogen and oxygen atoms in total. The lowest BCUT2D eigenvalue weighted by Crippen LogP contribution is -2.10. The first-order chi connectivity index (χ1) is 7.66. The highest BCUT2D eigenvalue weighted by molar-refractivity contribution is 5.18. The molecule has 0 N–H and O–H groups in total. The van der Waals surface area contributed by atoms with Gasteiger partial charge in [0, 0.05) is 6.92 Å². The van der Waals surface area contributed by atoms with Gasteiger partial charge in [-0.1, -0.05) is 12.2 Å². The van der Waals surface area contributed by atoms with E-state index in [-0.39, 0.29) is 5.82 Å². The van der Waals surface area contributed by atoms with E-state index in [1.807, 2.05) is 19.1 Å². The minimum absolute atomic E-state index is 0.00661. The third kappa shape index (κ3) is 3.16. The highest BCUT2D eigenvalue weighted by Crippen LogP contribution is 2.12. The zero-order chi connectivity index (χ0) is 12.0. The molecule has 0 saturated heterocycles. The highest BCUT2D eigenvalue weighted by Gasteiger charge is 2.16. The summed E-state index contributed by atoms with van der Waals surface area (Å²) in [6.45, 7) is 5.05. The zero-order valence-corrected chi connectivity index (χ0v) is 9.42. The van der Waals surface area contributed by atoms with Crippen molar-refractivity contribution in [1.82, 2.24) is 9.55 Å². The van der Waals surface area contributed by atoms with Gasteiger partial charge in [0.25, 0.3) is 0 Å². The Morgan fingerprint density at radius 3 is 3.06 bits per heavy atom. The second-order valence-electron chi connectivity index (χ2n) is 3.22. The number of rotatable bonds is 6. The average molecular weight is 225 g/mol. The van der Waals surface area contributed by atoms with Crippen LogP contribution in [-0.4, -0.2) is 27.7 Å². The van der Waals surface area contributed by atoms with Gasteiger partial charge in [-0.15, -0.1) is 0 Å². The van der Waals surface area contributed by atoms with Crippen molar-refractivity contribution in [1.29, 1.82) is 0 Å². The molecule has 0 unspecified atom stereocenters. The topological polar surface area (TPSA) is 70.2 Å². The standard InChI is InChI=1S/C10H15N3O3/c1-3-4-6-16-7-5-12-9(2)11-8-10(12)13(14)15/h3-4,8H,5-7H2,1-2H3/b4-3-. The van der Waals surface area contributed by atoms with E-state index >= 15 is 0 Å². The van der Waals surface area contributed by atoms with E-state index in [2.05, 4.69) is 4.98 Å². The predicted octanol–water partition coefficient (Wildman–Crippen LogP) is 1.69. The Morgan fingerprint density at radius 2 is 2.44 bits per heavy atom. The molecule has 0 aromatic carbocycles. The Kier molecular flexibility index (Phi) is 4.65. The third-order valence-electron chi connectivity index (χ3n) is 2.13. The number of nitro groups is 1. The first kappa shape index (κ1) is 12.4. The van der Waals surface area contributed by atoms with Crippen molar-refractivity contribution in [3.63, 3.8) is 0 Å². The maximum Gasteiger partial charge on any atom is 0.342 e. The highest BCUT2D eigenvalue weighted by atomic mass is 16.6. The Balaban J connectivity index is 2.52. The predicted molar refractivity (Wildman–Crippen MR) is 59.3 cm³/mol. The van der Waals surface area contributed by atoms with Gasteiger partial charge in [0.2, 0.25) is 0 Å². The van der Waals surface area contributed by atoms with E-state index in [0.29, 0.717) is 25.6 Å². The zero-order valence-electron chi connectivity index (χ0n) is 9.42. The molecule has 1 rings (SSSR count). The maximum atomic E-state index is 10.7. The molecule has 0 bridgehead atoms. The monoisotopic (exact) mass is 225 g/mol. The van der Waals surface area contributed by atoms with Gasteiger partial charge in [0.05, 0.1) is 13.2 Å². The molecule has 0 amide bonds. The molecule has 0 aliphatic carbocycles. The van der Waals surface area contributed by atoms with Crippen molar-refractivity contribution in [2.45, 2.75) is 20.4 Å². The molecule has 1 aromatic rings. The van der Waals surface area contributed by atoms with Crippen LogP contribution in [0.1, 0.15) is 12.7 Å². The molecule has 0 fully saturated rings. The van der Waals surface area contributed by atoms with E-state index in [4.69, 9.17) is 4.74 Å². The van der Waals surface area contributed by atoms with Crippen LogP contribution in [0.15, 0.2) is 18.3 Å². The molecular formula is C10H15N3O3. The van der Waals surface area contributed by atoms with Crippen LogP contribution in [0.3, 0.4) is 0 Å². The van der Waals surface area contributed by atoms with Crippen LogP contribution in [0.25, 0.3) is 0 Å². The summed E-state index contributed by atoms with van der Waals surface area (Å²) in [5, 5.41) is 10.7. The van der Waals surface area contributed by atoms with Crippen LogP contribution in [0.2, 0.25) is 0 Å². The molecular weight excluding hydrogens is 210 g/mol. The molecule has 16 heavy (non-hydrogen) atoms. The van der Waals surface area contributed by atoms with Crippen molar-refractivity contribution in [2.24, 2.45) is 0 Å². The minimum Gasteiger partial charge on any atom is -0.373 e. The van der Waals surface area contributed by atoms with Crippen molar-refractivity contribution in [3.05, 3.63) is 34.3 Å². The molecule has 1 heterocycles. The number of hydrogen-bond donors (Lipinski definition) is 0. The van der Waals surface area contributed by atoms with E-state index in [1.54, 1.807) is 6.92 Å². The Labute approximate surface area is 93.7 Å². The fourth-order valence-corrected chi connectivity index (χ4v) is 1.28. The Bertz CT molecular complexity index is 385. The maximum absolute atomic E-state index is 10.7. The van der Waals surface area contributed by atoms with Gasteiger partial charge in [-0.05, 0) is 11.8 Å². The molecule has 0 saturated carbocycles. The summed E-state index contributed by atoms with van der Waals surface area (Å²) in [5.74, 6) is 0.633. The molecule has 0 radical (unpaired) electrons. The molecule has 0 aliphatic heterocycles. The number of aromatic nitrogens is 2. The van der Waals surface area contributed by atoms with E-state index in [9.17, 15) is 10.1 Å². The second kappa shape index (κ2) is 6.02. The van der Waals surface area contributed by atoms with Gasteiger partial charge in [-0.25, -0.2) is 9.55 Å². The smallest absolute Gasteiger partial charge is 0.342 e. The largest absolute Gasteiger partial charge is 0.373 e. The van der Waals surface area contributed by atoms with E-state index in [0.717, 1.165) is 0 Å². The lowest BCUT2D eigenvalue weighted by atomic mass is 10.5. The quantitative estimate of drug-likeness (QED) is 0.320. The van der Waals surface area contributed by atoms with Crippen molar-refractivity contribution >= 4 is 5.82 Å². The summed E-state index contributed by atoms with van der Waals surface area (Å²) in [5.41, 5.74) is 0. The van der Waals surface area contributed by atoms with Gasteiger partial charge in [0.1, 0.15) is 12.7 Å². The Morgan fingerprint density at radius 1 is 1.69 bits per heavy atom. The molecule has 0 aliphatic rings. The summed E-state index contributed by atoms with van der Waals surface area (Å²) in [7, 11) is 0. The summed E-state index contributed by atoms with van der Waals surface area (Å²) in [4.78, 5) is 14.1. The average Bonchev–Trinajstić information content (AvgIpc) is 2.60. The third-order valence-corrected chi connectivity index (χ3v) is 2.13. The number of nitrogens with zero attached hydrogens (tertiary/aromatic N) is 3. The summed E-state index contributed by atoms with van der Waals surface area (Å²) < 4.78 is 6.82. The number of ether oxygens (including phenoxy) is 1. The van der Waals surface area contributed by atoms with E-state index in [1.165, 1.54) is 10.8 Å². The lowest BCUT2D eigenvalue weighted by Gasteiger charge is -2.02. The van der Waals surface area contributed by atoms with Crippen LogP contribution in [0.4, 0.5) is 5.82 Å². The van der Waals surface area contributed by atoms with Gasteiger partial charge in [-0.3, -0.25) is 0 Å². The lowest BCUT2D eigenvalue weighted by molar-refractivity contribution is -0.392. The number of imidazole rings is 1. The first-order valence-corrected chi connectivity index (χ1v) is 5.02. The molecule has 1 aromatic heterocycles. The van der Waals surface area contributed by atoms with Gasteiger partial charge >= 0.3 is 5.82 Å². The van der Waals surface area contributed by atoms with Gasteiger partial charge < -0.3 is 14.9 Å². The minimum atomic E-state index is -0.439. The first-order valence-electron chi connectivity index (χ1n) is 5.02. The van der Waals surface area contributed by atoms with Crippen LogP contribution >= 0.6 is 0 Å². The molecule has 6 heteroatoms. The van der Waals surface area contributed by atoms with E-state index < -0.39 is 4.92 Å². The van der Waals surface area contributed by atoms with Crippen molar-refractivity contribution in [3.8, 4) is 0 Å². The molecule has 88 valence electrons. The SMILES string of the molecule is C/C=C\COCCn1c([N+](=O)[O-])cnc1C. The van der Waals surface area contributed by atoms with Crippen LogP contribution in [-0.2, 0) is 11.3 Å². The van der Waals surface area contributed by atoms with Crippen molar-refractivity contribution < 1.29 is 9.66 Å². The summed E-state index contributed by atoms with van der Waals surface area (Å²) in [6, 6.07) is 0. The fraction of sp³-hybridized carbons (Fsp3) is 0.500. The summed E-state index contributed by atoms with van der Waals surface area (Å²) in [6.07, 6.45) is 5.04. The molecule has 0 atom stereocenters. The van der Waals surface area contributed by atoms with Crippen LogP contribution in [0.5, 0.6) is 0 Å². The second-order valence-corrected chi connectivity index (χ2v) is 3.22.